The van der Waals surface area contributed by atoms with Crippen LogP contribution in [-0.4, -0.2) is 22.4 Å². The predicted molar refractivity (Wildman–Crippen MR) is 96.5 cm³/mol. The number of carbonyl (C=O) groups excluding carboxylic acids is 1. The van der Waals surface area contributed by atoms with Crippen molar-refractivity contribution < 1.29 is 18.7 Å². The van der Waals surface area contributed by atoms with Crippen LogP contribution in [0.2, 0.25) is 0 Å². The zero-order valence-corrected chi connectivity index (χ0v) is 14.6. The summed E-state index contributed by atoms with van der Waals surface area (Å²) in [5.41, 5.74) is 0.141. The third-order valence-electron chi connectivity index (χ3n) is 3.71. The van der Waals surface area contributed by atoms with Gasteiger partial charge in [0.2, 0.25) is 5.69 Å². The number of benzene rings is 2. The Labute approximate surface area is 154 Å². The molecule has 3 rings (SSSR count). The van der Waals surface area contributed by atoms with E-state index in [1.54, 1.807) is 55.5 Å². The summed E-state index contributed by atoms with van der Waals surface area (Å²) in [4.78, 5) is 24.7. The largest absolute Gasteiger partial charge is 0.486 e. The molecule has 138 valence electrons. The summed E-state index contributed by atoms with van der Waals surface area (Å²) in [6.07, 6.45) is 0. The van der Waals surface area contributed by atoms with Crippen LogP contribution in [0.4, 0.5) is 4.39 Å². The molecule has 0 atom stereocenters. The standard InChI is InChI=1S/C20H17FN2O4/c1-2-26-20(25)19-17(27-13-14-8-6-7-11-16(14)21)12-18(24)23(22-19)15-9-4-3-5-10-15/h3-12H,2,13H2,1H3. The Morgan fingerprint density at radius 2 is 1.81 bits per heavy atom. The van der Waals surface area contributed by atoms with E-state index in [1.807, 2.05) is 0 Å². The first kappa shape index (κ1) is 18.3. The normalized spacial score (nSPS) is 10.4. The highest BCUT2D eigenvalue weighted by Gasteiger charge is 2.20. The zero-order valence-electron chi connectivity index (χ0n) is 14.6. The van der Waals surface area contributed by atoms with Crippen molar-refractivity contribution in [2.45, 2.75) is 13.5 Å². The molecule has 0 saturated carbocycles. The van der Waals surface area contributed by atoms with Crippen LogP contribution in [0.3, 0.4) is 0 Å². The van der Waals surface area contributed by atoms with Crippen LogP contribution in [0, 0.1) is 5.82 Å². The van der Waals surface area contributed by atoms with Crippen molar-refractivity contribution >= 4 is 5.97 Å². The molecule has 0 bridgehead atoms. The molecule has 0 aliphatic heterocycles. The lowest BCUT2D eigenvalue weighted by molar-refractivity contribution is 0.0511. The van der Waals surface area contributed by atoms with Crippen molar-refractivity contribution in [2.75, 3.05) is 6.61 Å². The molecule has 0 radical (unpaired) electrons. The van der Waals surface area contributed by atoms with Crippen LogP contribution in [0.25, 0.3) is 5.69 Å². The van der Waals surface area contributed by atoms with E-state index in [2.05, 4.69) is 5.10 Å². The average molecular weight is 368 g/mol. The first-order valence-electron chi connectivity index (χ1n) is 8.33. The van der Waals surface area contributed by atoms with E-state index in [9.17, 15) is 14.0 Å². The van der Waals surface area contributed by atoms with Gasteiger partial charge in [-0.15, -0.1) is 0 Å². The minimum absolute atomic E-state index is 0.0612. The van der Waals surface area contributed by atoms with Gasteiger partial charge in [-0.1, -0.05) is 36.4 Å². The number of esters is 1. The molecule has 27 heavy (non-hydrogen) atoms. The van der Waals surface area contributed by atoms with E-state index < -0.39 is 17.3 Å². The summed E-state index contributed by atoms with van der Waals surface area (Å²) in [6.45, 7) is 1.64. The number of ether oxygens (including phenoxy) is 2. The van der Waals surface area contributed by atoms with Gasteiger partial charge in [0.05, 0.1) is 18.4 Å². The Hall–Kier alpha value is -3.48. The molecular weight excluding hydrogens is 351 g/mol. The average Bonchev–Trinajstić information content (AvgIpc) is 2.68. The summed E-state index contributed by atoms with van der Waals surface area (Å²) in [5.74, 6) is -1.24. The second-order valence-corrected chi connectivity index (χ2v) is 5.54. The molecule has 0 aliphatic rings. The second kappa shape index (κ2) is 8.27. The Morgan fingerprint density at radius 1 is 1.11 bits per heavy atom. The Balaban J connectivity index is 1.99. The zero-order chi connectivity index (χ0) is 19.2. The highest BCUT2D eigenvalue weighted by molar-refractivity contribution is 5.90. The van der Waals surface area contributed by atoms with E-state index in [0.717, 1.165) is 10.7 Å². The number of para-hydroxylation sites is 1. The van der Waals surface area contributed by atoms with Crippen LogP contribution >= 0.6 is 0 Å². The maximum atomic E-state index is 13.8. The van der Waals surface area contributed by atoms with Crippen LogP contribution in [0.15, 0.2) is 65.5 Å². The maximum absolute atomic E-state index is 13.8. The molecular formula is C20H17FN2O4. The third-order valence-corrected chi connectivity index (χ3v) is 3.71. The number of rotatable bonds is 6. The summed E-state index contributed by atoms with van der Waals surface area (Å²) in [6, 6.07) is 15.9. The Kier molecular flexibility index (Phi) is 5.61. The lowest BCUT2D eigenvalue weighted by Gasteiger charge is -2.13. The molecule has 2 aromatic carbocycles. The number of carbonyl (C=O) groups is 1. The van der Waals surface area contributed by atoms with Crippen LogP contribution in [0.5, 0.6) is 5.75 Å². The quantitative estimate of drug-likeness (QED) is 0.625. The van der Waals surface area contributed by atoms with E-state index in [4.69, 9.17) is 9.47 Å². The maximum Gasteiger partial charge on any atom is 0.362 e. The molecule has 0 spiro atoms. The number of hydrogen-bond donors (Lipinski definition) is 0. The first-order valence-corrected chi connectivity index (χ1v) is 8.33. The molecule has 7 heteroatoms. The highest BCUT2D eigenvalue weighted by Crippen LogP contribution is 2.18. The molecule has 1 heterocycles. The van der Waals surface area contributed by atoms with Gasteiger partial charge in [0.1, 0.15) is 12.4 Å². The second-order valence-electron chi connectivity index (χ2n) is 5.54. The molecule has 0 saturated heterocycles. The van der Waals surface area contributed by atoms with Crippen molar-refractivity contribution in [3.63, 3.8) is 0 Å². The summed E-state index contributed by atoms with van der Waals surface area (Å²) < 4.78 is 25.4. The number of halogens is 1. The SMILES string of the molecule is CCOC(=O)c1nn(-c2ccccc2)c(=O)cc1OCc1ccccc1F. The lowest BCUT2D eigenvalue weighted by Crippen LogP contribution is -2.25. The fraction of sp³-hybridized carbons (Fsp3) is 0.150. The summed E-state index contributed by atoms with van der Waals surface area (Å²) in [7, 11) is 0. The molecule has 0 amide bonds. The molecule has 6 nitrogen and oxygen atoms in total. The van der Waals surface area contributed by atoms with Gasteiger partial charge in [0.15, 0.2) is 5.75 Å². The highest BCUT2D eigenvalue weighted by atomic mass is 19.1. The number of nitrogens with zero attached hydrogens (tertiary/aromatic N) is 2. The van der Waals surface area contributed by atoms with Gasteiger partial charge in [-0.25, -0.2) is 9.18 Å². The molecule has 1 aromatic heterocycles. The van der Waals surface area contributed by atoms with Crippen LogP contribution in [-0.2, 0) is 11.3 Å². The minimum Gasteiger partial charge on any atom is -0.486 e. The van der Waals surface area contributed by atoms with Gasteiger partial charge < -0.3 is 9.47 Å². The van der Waals surface area contributed by atoms with Crippen molar-refractivity contribution in [1.29, 1.82) is 0 Å². The van der Waals surface area contributed by atoms with Gasteiger partial charge in [-0.2, -0.15) is 9.78 Å². The van der Waals surface area contributed by atoms with E-state index >= 15 is 0 Å². The van der Waals surface area contributed by atoms with Crippen LogP contribution < -0.4 is 10.3 Å². The molecule has 0 N–H and O–H groups in total. The predicted octanol–water partition coefficient (Wildman–Crippen LogP) is 3.13. The van der Waals surface area contributed by atoms with Gasteiger partial charge in [-0.3, -0.25) is 4.79 Å². The van der Waals surface area contributed by atoms with Gasteiger partial charge in [0.25, 0.3) is 5.56 Å². The van der Waals surface area contributed by atoms with E-state index in [0.29, 0.717) is 11.3 Å². The smallest absolute Gasteiger partial charge is 0.362 e. The monoisotopic (exact) mass is 368 g/mol. The molecule has 0 fully saturated rings. The van der Waals surface area contributed by atoms with Gasteiger partial charge in [0, 0.05) is 5.56 Å². The summed E-state index contributed by atoms with van der Waals surface area (Å²) >= 11 is 0. The third kappa shape index (κ3) is 4.20. The fourth-order valence-electron chi connectivity index (χ4n) is 2.42. The number of aromatic nitrogens is 2. The van der Waals surface area contributed by atoms with Crippen molar-refractivity contribution in [1.82, 2.24) is 9.78 Å². The molecule has 3 aromatic rings. The minimum atomic E-state index is -0.731. The Morgan fingerprint density at radius 3 is 2.52 bits per heavy atom. The van der Waals surface area contributed by atoms with Crippen molar-refractivity contribution in [3.05, 3.63) is 88.1 Å². The number of hydrogen-bond acceptors (Lipinski definition) is 5. The lowest BCUT2D eigenvalue weighted by atomic mass is 10.2. The van der Waals surface area contributed by atoms with Gasteiger partial charge >= 0.3 is 5.97 Å². The molecule has 0 aliphatic carbocycles. The molecule has 0 unspecified atom stereocenters. The Bertz CT molecular complexity index is 1000. The van der Waals surface area contributed by atoms with E-state index in [-0.39, 0.29) is 24.7 Å². The fourth-order valence-corrected chi connectivity index (χ4v) is 2.42. The van der Waals surface area contributed by atoms with Gasteiger partial charge in [-0.05, 0) is 25.1 Å². The topological polar surface area (TPSA) is 70.4 Å². The van der Waals surface area contributed by atoms with E-state index in [1.165, 1.54) is 6.07 Å². The van der Waals surface area contributed by atoms with Crippen molar-refractivity contribution in [3.8, 4) is 11.4 Å². The summed E-state index contributed by atoms with van der Waals surface area (Å²) in [5, 5.41) is 4.11. The van der Waals surface area contributed by atoms with Crippen LogP contribution in [0.1, 0.15) is 23.0 Å². The van der Waals surface area contributed by atoms with Crippen molar-refractivity contribution in [2.24, 2.45) is 0 Å². The first-order chi connectivity index (χ1) is 13.1.